The van der Waals surface area contributed by atoms with Crippen molar-refractivity contribution in [2.24, 2.45) is 0 Å². The quantitative estimate of drug-likeness (QED) is 0.636. The fourth-order valence-electron chi connectivity index (χ4n) is 3.89. The molecule has 2 aromatic carbocycles. The third kappa shape index (κ3) is 4.16. The molecule has 0 bridgehead atoms. The zero-order valence-electron chi connectivity index (χ0n) is 17.9. The first kappa shape index (κ1) is 21.8. The van der Waals surface area contributed by atoms with Crippen molar-refractivity contribution in [3.63, 3.8) is 0 Å². The number of hydrogen-bond acceptors (Lipinski definition) is 7. The van der Waals surface area contributed by atoms with E-state index in [0.717, 1.165) is 17.0 Å². The molecule has 1 fully saturated rings. The van der Waals surface area contributed by atoms with E-state index >= 15 is 0 Å². The van der Waals surface area contributed by atoms with Gasteiger partial charge in [-0.1, -0.05) is 30.0 Å². The summed E-state index contributed by atoms with van der Waals surface area (Å²) < 4.78 is 10.3. The molecular formula is C24H23N3O4S. The molecule has 4 rings (SSSR count). The van der Waals surface area contributed by atoms with Crippen LogP contribution in [-0.4, -0.2) is 43.0 Å². The van der Waals surface area contributed by atoms with Gasteiger partial charge in [0, 0.05) is 18.0 Å². The van der Waals surface area contributed by atoms with Crippen molar-refractivity contribution < 1.29 is 19.1 Å². The molecule has 8 heteroatoms. The first-order chi connectivity index (χ1) is 15.5. The van der Waals surface area contributed by atoms with E-state index < -0.39 is 0 Å². The number of anilines is 1. The van der Waals surface area contributed by atoms with Crippen LogP contribution in [0.5, 0.6) is 5.75 Å². The first-order valence-electron chi connectivity index (χ1n) is 10.3. The Balaban J connectivity index is 1.60. The monoisotopic (exact) mass is 449 g/mol. The van der Waals surface area contributed by atoms with Gasteiger partial charge in [-0.2, -0.15) is 5.26 Å². The van der Waals surface area contributed by atoms with E-state index in [9.17, 15) is 14.9 Å². The zero-order chi connectivity index (χ0) is 22.7. The molecule has 164 valence electrons. The maximum absolute atomic E-state index is 13.1. The van der Waals surface area contributed by atoms with Gasteiger partial charge in [0.15, 0.2) is 0 Å². The lowest BCUT2D eigenvalue weighted by Crippen LogP contribution is -2.47. The number of ether oxygens (including phenoxy) is 2. The van der Waals surface area contributed by atoms with Gasteiger partial charge in [-0.25, -0.2) is 4.79 Å². The second-order valence-electron chi connectivity index (χ2n) is 7.41. The average Bonchev–Trinajstić information content (AvgIpc) is 2.84. The summed E-state index contributed by atoms with van der Waals surface area (Å²) in [7, 11) is 1.60. The summed E-state index contributed by atoms with van der Waals surface area (Å²) in [5, 5.41) is 10.6. The van der Waals surface area contributed by atoms with Gasteiger partial charge >= 0.3 is 5.97 Å². The highest BCUT2D eigenvalue weighted by Gasteiger charge is 2.38. The second-order valence-corrected chi connectivity index (χ2v) is 8.34. The Morgan fingerprint density at radius 3 is 2.72 bits per heavy atom. The number of carbonyl (C=O) groups excluding carboxylic acids is 2. The van der Waals surface area contributed by atoms with Crippen molar-refractivity contribution in [1.82, 2.24) is 4.90 Å². The van der Waals surface area contributed by atoms with E-state index in [-0.39, 0.29) is 24.2 Å². The molecule has 0 aromatic heterocycles. The Labute approximate surface area is 191 Å². The highest BCUT2D eigenvalue weighted by Crippen LogP contribution is 2.43. The molecule has 0 aliphatic carbocycles. The minimum atomic E-state index is -0.372. The summed E-state index contributed by atoms with van der Waals surface area (Å²) in [5.74, 6) is 0.625. The number of fused-ring (bicyclic) bond motifs is 1. The fourth-order valence-corrected chi connectivity index (χ4v) is 5.06. The minimum absolute atomic E-state index is 0.0291. The zero-order valence-corrected chi connectivity index (χ0v) is 18.7. The molecule has 1 atom stereocenters. The van der Waals surface area contributed by atoms with Crippen LogP contribution in [0.25, 0.3) is 0 Å². The lowest BCUT2D eigenvalue weighted by Gasteiger charge is -2.42. The maximum Gasteiger partial charge on any atom is 0.338 e. The van der Waals surface area contributed by atoms with Gasteiger partial charge in [0.05, 0.1) is 48.5 Å². The molecule has 2 heterocycles. The SMILES string of the molecule is CCOC(=O)c1cccc(N2CSC3=C(C#N)[C@@H](c4ccc(OC)cc4)CC(=O)N3C2)c1. The predicted octanol–water partition coefficient (Wildman–Crippen LogP) is 4.09. The van der Waals surface area contributed by atoms with Crippen LogP contribution in [0.2, 0.25) is 0 Å². The van der Waals surface area contributed by atoms with E-state index in [1.54, 1.807) is 37.1 Å². The Bertz CT molecular complexity index is 1110. The number of carbonyl (C=O) groups is 2. The molecule has 2 aliphatic rings. The van der Waals surface area contributed by atoms with E-state index in [1.807, 2.05) is 35.2 Å². The molecule has 7 nitrogen and oxygen atoms in total. The van der Waals surface area contributed by atoms with Crippen molar-refractivity contribution in [1.29, 1.82) is 5.26 Å². The molecule has 32 heavy (non-hydrogen) atoms. The van der Waals surface area contributed by atoms with E-state index in [1.165, 1.54) is 11.8 Å². The molecule has 0 unspecified atom stereocenters. The highest BCUT2D eigenvalue weighted by molar-refractivity contribution is 8.03. The van der Waals surface area contributed by atoms with Gasteiger partial charge in [0.1, 0.15) is 5.75 Å². The predicted molar refractivity (Wildman–Crippen MR) is 122 cm³/mol. The third-order valence-corrected chi connectivity index (χ3v) is 6.69. The number of esters is 1. The van der Waals surface area contributed by atoms with Crippen molar-refractivity contribution in [2.75, 3.05) is 31.2 Å². The van der Waals surface area contributed by atoms with Crippen molar-refractivity contribution in [3.05, 3.63) is 70.3 Å². The lowest BCUT2D eigenvalue weighted by atomic mass is 9.86. The summed E-state index contributed by atoms with van der Waals surface area (Å²) in [6.45, 7) is 2.41. The van der Waals surface area contributed by atoms with Gasteiger partial charge in [-0.05, 0) is 42.8 Å². The first-order valence-corrected chi connectivity index (χ1v) is 11.3. The fraction of sp³-hybridized carbons (Fsp3) is 0.292. The number of thioether (sulfide) groups is 1. The normalized spacial score (nSPS) is 18.2. The van der Waals surface area contributed by atoms with Crippen molar-refractivity contribution in [3.8, 4) is 11.8 Å². The van der Waals surface area contributed by atoms with Crippen LogP contribution in [0, 0.1) is 11.3 Å². The smallest absolute Gasteiger partial charge is 0.338 e. The highest BCUT2D eigenvalue weighted by atomic mass is 32.2. The molecule has 0 N–H and O–H groups in total. The number of hydrogen-bond donors (Lipinski definition) is 0. The van der Waals surface area contributed by atoms with Crippen molar-refractivity contribution >= 4 is 29.3 Å². The third-order valence-electron chi connectivity index (χ3n) is 5.53. The molecule has 1 saturated heterocycles. The topological polar surface area (TPSA) is 82.9 Å². The van der Waals surface area contributed by atoms with E-state index in [0.29, 0.717) is 35.3 Å². The van der Waals surface area contributed by atoms with Crippen LogP contribution >= 0.6 is 11.8 Å². The van der Waals surface area contributed by atoms with Crippen LogP contribution in [0.3, 0.4) is 0 Å². The maximum atomic E-state index is 13.1. The molecule has 0 saturated carbocycles. The Morgan fingerprint density at radius 1 is 1.25 bits per heavy atom. The molecule has 0 spiro atoms. The van der Waals surface area contributed by atoms with Crippen LogP contribution in [0.15, 0.2) is 59.1 Å². The number of amides is 1. The Kier molecular flexibility index (Phi) is 6.37. The lowest BCUT2D eigenvalue weighted by molar-refractivity contribution is -0.129. The van der Waals surface area contributed by atoms with Crippen molar-refractivity contribution in [2.45, 2.75) is 19.3 Å². The van der Waals surface area contributed by atoms with Gasteiger partial charge in [0.25, 0.3) is 0 Å². The number of nitrogens with zero attached hydrogens (tertiary/aromatic N) is 3. The standard InChI is InChI=1S/C24H23N3O4S/c1-3-31-24(29)17-5-4-6-18(11-17)26-14-27-22(28)12-20(21(13-25)23(27)32-15-26)16-7-9-19(30-2)10-8-16/h4-11,20H,3,12,14-15H2,1-2H3/t20-/m1/s1. The Hall–Kier alpha value is -3.44. The summed E-state index contributed by atoms with van der Waals surface area (Å²) >= 11 is 1.46. The number of nitriles is 1. The second kappa shape index (κ2) is 9.37. The van der Waals surface area contributed by atoms with Crippen LogP contribution in [0.4, 0.5) is 5.69 Å². The largest absolute Gasteiger partial charge is 0.497 e. The van der Waals surface area contributed by atoms with Gasteiger partial charge in [-0.15, -0.1) is 0 Å². The van der Waals surface area contributed by atoms with E-state index in [2.05, 4.69) is 6.07 Å². The summed E-state index contributed by atoms with van der Waals surface area (Å²) in [6.07, 6.45) is 0.232. The molecule has 2 aromatic rings. The Morgan fingerprint density at radius 2 is 2.03 bits per heavy atom. The summed E-state index contributed by atoms with van der Waals surface area (Å²) in [5.41, 5.74) is 2.83. The van der Waals surface area contributed by atoms with E-state index in [4.69, 9.17) is 9.47 Å². The number of rotatable bonds is 5. The number of allylic oxidation sites excluding steroid dienone is 1. The number of methoxy groups -OCH3 is 1. The van der Waals surface area contributed by atoms with Gasteiger partial charge < -0.3 is 14.4 Å². The number of benzene rings is 2. The molecular weight excluding hydrogens is 426 g/mol. The van der Waals surface area contributed by atoms with Crippen LogP contribution < -0.4 is 9.64 Å². The molecule has 0 radical (unpaired) electrons. The minimum Gasteiger partial charge on any atom is -0.497 e. The molecule has 2 aliphatic heterocycles. The van der Waals surface area contributed by atoms with Crippen LogP contribution in [-0.2, 0) is 9.53 Å². The summed E-state index contributed by atoms with van der Waals surface area (Å²) in [6, 6.07) is 17.0. The summed E-state index contributed by atoms with van der Waals surface area (Å²) in [4.78, 5) is 28.9. The molecule has 1 amide bonds. The average molecular weight is 450 g/mol. The van der Waals surface area contributed by atoms with Gasteiger partial charge in [-0.3, -0.25) is 9.69 Å². The van der Waals surface area contributed by atoms with Crippen LogP contribution in [0.1, 0.15) is 35.2 Å². The van der Waals surface area contributed by atoms with Gasteiger partial charge in [0.2, 0.25) is 5.91 Å².